The number of hydrogen-bond donors (Lipinski definition) is 1. The van der Waals surface area contributed by atoms with Crippen molar-refractivity contribution in [1.29, 1.82) is 0 Å². The quantitative estimate of drug-likeness (QED) is 0.397. The van der Waals surface area contributed by atoms with Crippen LogP contribution in [0, 0.1) is 10.1 Å². The number of nitrogens with one attached hydrogen (secondary N) is 1. The first-order valence-electron chi connectivity index (χ1n) is 10.0. The van der Waals surface area contributed by atoms with Crippen molar-refractivity contribution in [2.24, 2.45) is 5.10 Å². The first-order chi connectivity index (χ1) is 14.9. The number of carbonyl (C=O) groups is 1. The molecule has 1 N–H and O–H groups in total. The lowest BCUT2D eigenvalue weighted by atomic mass is 10.2. The Labute approximate surface area is 181 Å². The third-order valence-electron chi connectivity index (χ3n) is 4.99. The Morgan fingerprint density at radius 2 is 1.61 bits per heavy atom. The minimum atomic E-state index is -4.08. The molecule has 9 nitrogen and oxygen atoms in total. The zero-order valence-corrected chi connectivity index (χ0v) is 17.8. The zero-order chi connectivity index (χ0) is 22.3. The van der Waals surface area contributed by atoms with Crippen LogP contribution in [0.15, 0.2) is 64.6 Å². The second kappa shape index (κ2) is 10.2. The van der Waals surface area contributed by atoms with Gasteiger partial charge in [-0.05, 0) is 49.9 Å². The number of nitro benzene ring substituents is 1. The monoisotopic (exact) mass is 444 g/mol. The highest BCUT2D eigenvalue weighted by molar-refractivity contribution is 7.92. The lowest BCUT2D eigenvalue weighted by Crippen LogP contribution is -2.39. The molecule has 0 bridgehead atoms. The van der Waals surface area contributed by atoms with Crippen molar-refractivity contribution in [3.8, 4) is 0 Å². The van der Waals surface area contributed by atoms with Crippen LogP contribution in [0.1, 0.15) is 38.5 Å². The number of sulfonamides is 1. The number of anilines is 1. The summed E-state index contributed by atoms with van der Waals surface area (Å²) in [5.41, 5.74) is 3.34. The van der Waals surface area contributed by atoms with Crippen molar-refractivity contribution in [3.63, 3.8) is 0 Å². The van der Waals surface area contributed by atoms with E-state index >= 15 is 0 Å². The second-order valence-corrected chi connectivity index (χ2v) is 9.09. The van der Waals surface area contributed by atoms with E-state index in [0.717, 1.165) is 48.5 Å². The predicted molar refractivity (Wildman–Crippen MR) is 117 cm³/mol. The SMILES string of the molecule is O=C(CN(c1ccc([N+](=O)[O-])cc1)S(=O)(=O)c1ccccc1)NN=C1CCCCCC1. The lowest BCUT2D eigenvalue weighted by Gasteiger charge is -2.23. The van der Waals surface area contributed by atoms with Crippen molar-refractivity contribution in [2.75, 3.05) is 10.8 Å². The molecule has 1 aliphatic rings. The summed E-state index contributed by atoms with van der Waals surface area (Å²) in [6.07, 6.45) is 5.94. The average molecular weight is 445 g/mol. The molecular formula is C21H24N4O5S. The van der Waals surface area contributed by atoms with Gasteiger partial charge in [0.25, 0.3) is 21.6 Å². The highest BCUT2D eigenvalue weighted by Gasteiger charge is 2.27. The molecule has 0 saturated heterocycles. The molecule has 0 spiro atoms. The van der Waals surface area contributed by atoms with Gasteiger partial charge in [-0.3, -0.25) is 19.2 Å². The normalized spacial score (nSPS) is 14.4. The van der Waals surface area contributed by atoms with Crippen LogP contribution in [0.4, 0.5) is 11.4 Å². The van der Waals surface area contributed by atoms with E-state index in [2.05, 4.69) is 10.5 Å². The Balaban J connectivity index is 1.86. The number of amides is 1. The fraction of sp³-hybridized carbons (Fsp3) is 0.333. The number of rotatable bonds is 7. The van der Waals surface area contributed by atoms with E-state index in [-0.39, 0.29) is 16.3 Å². The molecule has 1 aliphatic carbocycles. The van der Waals surface area contributed by atoms with Crippen LogP contribution in [0.3, 0.4) is 0 Å². The van der Waals surface area contributed by atoms with E-state index in [1.54, 1.807) is 18.2 Å². The van der Waals surface area contributed by atoms with E-state index in [9.17, 15) is 23.3 Å². The van der Waals surface area contributed by atoms with Crippen molar-refractivity contribution < 1.29 is 18.1 Å². The summed E-state index contributed by atoms with van der Waals surface area (Å²) in [7, 11) is -4.08. The van der Waals surface area contributed by atoms with Gasteiger partial charge in [0, 0.05) is 17.8 Å². The topological polar surface area (TPSA) is 122 Å². The third kappa shape index (κ3) is 5.88. The summed E-state index contributed by atoms with van der Waals surface area (Å²) in [4.78, 5) is 22.9. The van der Waals surface area contributed by atoms with Gasteiger partial charge < -0.3 is 0 Å². The Hall–Kier alpha value is -3.27. The number of non-ortho nitro benzene ring substituents is 1. The maximum absolute atomic E-state index is 13.2. The molecule has 31 heavy (non-hydrogen) atoms. The summed E-state index contributed by atoms with van der Waals surface area (Å²) in [5.74, 6) is -0.588. The van der Waals surface area contributed by atoms with Crippen LogP contribution >= 0.6 is 0 Å². The van der Waals surface area contributed by atoms with Gasteiger partial charge >= 0.3 is 0 Å². The molecule has 0 aromatic heterocycles. The van der Waals surface area contributed by atoms with Crippen molar-refractivity contribution in [2.45, 2.75) is 43.4 Å². The van der Waals surface area contributed by atoms with E-state index in [0.29, 0.717) is 0 Å². The van der Waals surface area contributed by atoms with E-state index < -0.39 is 27.4 Å². The standard InChI is InChI=1S/C21H24N4O5S/c26-21(23-22-17-8-4-1-2-5-9-17)16-24(18-12-14-19(15-13-18)25(27)28)31(29,30)20-10-6-3-7-11-20/h3,6-7,10-15H,1-2,4-5,8-9,16H2,(H,23,26). The molecule has 0 aliphatic heterocycles. The Bertz CT molecular complexity index is 1040. The smallest absolute Gasteiger partial charge is 0.269 e. The minimum absolute atomic E-state index is 0.0104. The van der Waals surface area contributed by atoms with Crippen LogP contribution in [0.5, 0.6) is 0 Å². The van der Waals surface area contributed by atoms with Crippen LogP contribution < -0.4 is 9.73 Å². The molecule has 164 valence electrons. The highest BCUT2D eigenvalue weighted by atomic mass is 32.2. The molecule has 0 atom stereocenters. The summed E-state index contributed by atoms with van der Waals surface area (Å²) >= 11 is 0. The summed E-state index contributed by atoms with van der Waals surface area (Å²) < 4.78 is 27.4. The van der Waals surface area contributed by atoms with Crippen LogP contribution in [-0.2, 0) is 14.8 Å². The van der Waals surface area contributed by atoms with Crippen LogP contribution in [-0.4, -0.2) is 31.5 Å². The molecule has 0 heterocycles. The van der Waals surface area contributed by atoms with Crippen LogP contribution in [0.2, 0.25) is 0 Å². The van der Waals surface area contributed by atoms with E-state index in [4.69, 9.17) is 0 Å². The minimum Gasteiger partial charge on any atom is -0.271 e. The molecule has 0 unspecified atom stereocenters. The van der Waals surface area contributed by atoms with Gasteiger partial charge in [-0.1, -0.05) is 31.0 Å². The fourth-order valence-corrected chi connectivity index (χ4v) is 4.77. The average Bonchev–Trinajstić information content (AvgIpc) is 3.05. The zero-order valence-electron chi connectivity index (χ0n) is 16.9. The number of hydrazone groups is 1. The lowest BCUT2D eigenvalue weighted by molar-refractivity contribution is -0.384. The van der Waals surface area contributed by atoms with Crippen LogP contribution in [0.25, 0.3) is 0 Å². The van der Waals surface area contributed by atoms with Crippen molar-refractivity contribution in [1.82, 2.24) is 5.43 Å². The number of nitrogens with zero attached hydrogens (tertiary/aromatic N) is 3. The summed E-state index contributed by atoms with van der Waals surface area (Å²) in [6, 6.07) is 12.7. The summed E-state index contributed by atoms with van der Waals surface area (Å²) in [5, 5.41) is 15.1. The van der Waals surface area contributed by atoms with Crippen molar-refractivity contribution >= 4 is 33.0 Å². The van der Waals surface area contributed by atoms with E-state index in [1.165, 1.54) is 36.4 Å². The van der Waals surface area contributed by atoms with Crippen molar-refractivity contribution in [3.05, 3.63) is 64.7 Å². The fourth-order valence-electron chi connectivity index (χ4n) is 3.33. The molecule has 1 fully saturated rings. The Kier molecular flexibility index (Phi) is 7.35. The first-order valence-corrected chi connectivity index (χ1v) is 11.5. The number of nitro groups is 1. The maximum Gasteiger partial charge on any atom is 0.269 e. The van der Waals surface area contributed by atoms with Gasteiger partial charge in [0.15, 0.2) is 0 Å². The van der Waals surface area contributed by atoms with Gasteiger partial charge in [-0.15, -0.1) is 0 Å². The molecule has 10 heteroatoms. The highest BCUT2D eigenvalue weighted by Crippen LogP contribution is 2.25. The predicted octanol–water partition coefficient (Wildman–Crippen LogP) is 3.62. The largest absolute Gasteiger partial charge is 0.271 e. The number of carbonyl (C=O) groups excluding carboxylic acids is 1. The van der Waals surface area contributed by atoms with Gasteiger partial charge in [0.05, 0.1) is 15.5 Å². The third-order valence-corrected chi connectivity index (χ3v) is 6.77. The first kappa shape index (κ1) is 22.4. The second-order valence-electron chi connectivity index (χ2n) is 7.23. The molecule has 3 rings (SSSR count). The Morgan fingerprint density at radius 3 is 2.19 bits per heavy atom. The number of hydrogen-bond acceptors (Lipinski definition) is 6. The van der Waals surface area contributed by atoms with Gasteiger partial charge in [-0.2, -0.15) is 5.10 Å². The molecule has 0 radical (unpaired) electrons. The van der Waals surface area contributed by atoms with Gasteiger partial charge in [-0.25, -0.2) is 13.8 Å². The maximum atomic E-state index is 13.2. The number of benzene rings is 2. The van der Waals surface area contributed by atoms with Gasteiger partial charge in [0.1, 0.15) is 6.54 Å². The molecule has 1 amide bonds. The van der Waals surface area contributed by atoms with Gasteiger partial charge in [0.2, 0.25) is 0 Å². The molecule has 1 saturated carbocycles. The molecule has 2 aromatic rings. The molecular weight excluding hydrogens is 420 g/mol. The Morgan fingerprint density at radius 1 is 1.00 bits per heavy atom. The van der Waals surface area contributed by atoms with E-state index in [1.807, 2.05) is 0 Å². The molecule has 2 aromatic carbocycles. The summed E-state index contributed by atoms with van der Waals surface area (Å²) in [6.45, 7) is -0.508.